The van der Waals surface area contributed by atoms with Gasteiger partial charge in [0, 0.05) is 18.1 Å². The molecule has 1 amide bonds. The lowest BCUT2D eigenvalue weighted by molar-refractivity contribution is -0.118. The zero-order valence-electron chi connectivity index (χ0n) is 13.0. The predicted molar refractivity (Wildman–Crippen MR) is 91.3 cm³/mol. The molecule has 0 saturated carbocycles. The number of nitrogens with one attached hydrogen (secondary N) is 1. The van der Waals surface area contributed by atoms with Crippen LogP contribution in [0.4, 0.5) is 5.69 Å². The number of anilines is 1. The smallest absolute Gasteiger partial charge is 0.247 e. The second-order valence-corrected chi connectivity index (χ2v) is 5.49. The quantitative estimate of drug-likeness (QED) is 0.781. The molecule has 0 bridgehead atoms. The topological polar surface area (TPSA) is 46.9 Å². The van der Waals surface area contributed by atoms with Crippen molar-refractivity contribution in [2.24, 2.45) is 0 Å². The van der Waals surface area contributed by atoms with E-state index in [1.54, 1.807) is 23.3 Å². The Balaban J connectivity index is 1.76. The van der Waals surface area contributed by atoms with Gasteiger partial charge in [-0.3, -0.25) is 4.79 Å². The zero-order valence-corrected chi connectivity index (χ0v) is 13.0. The molecular formula is C19H19N3O. The van der Waals surface area contributed by atoms with Crippen molar-refractivity contribution >= 4 is 11.6 Å². The summed E-state index contributed by atoms with van der Waals surface area (Å²) in [5.74, 6) is -0.0523. The molecule has 3 aromatic rings. The van der Waals surface area contributed by atoms with Crippen LogP contribution in [0.25, 0.3) is 0 Å². The molecule has 1 heterocycles. The van der Waals surface area contributed by atoms with Crippen molar-refractivity contribution in [2.75, 3.05) is 5.32 Å². The minimum absolute atomic E-state index is 0.0523. The minimum Gasteiger partial charge on any atom is -0.325 e. The number of amides is 1. The van der Waals surface area contributed by atoms with Crippen LogP contribution in [0.3, 0.4) is 0 Å². The first-order chi connectivity index (χ1) is 11.2. The van der Waals surface area contributed by atoms with Gasteiger partial charge in [-0.2, -0.15) is 0 Å². The fourth-order valence-electron chi connectivity index (χ4n) is 2.48. The molecule has 1 N–H and O–H groups in total. The van der Waals surface area contributed by atoms with Crippen LogP contribution in [0, 0.1) is 0 Å². The van der Waals surface area contributed by atoms with Crippen molar-refractivity contribution in [3.05, 3.63) is 84.4 Å². The molecule has 0 spiro atoms. The maximum Gasteiger partial charge on any atom is 0.247 e. The molecule has 4 nitrogen and oxygen atoms in total. The summed E-state index contributed by atoms with van der Waals surface area (Å²) in [6, 6.07) is 17.8. The van der Waals surface area contributed by atoms with Gasteiger partial charge in [0.15, 0.2) is 0 Å². The Morgan fingerprint density at radius 2 is 1.87 bits per heavy atom. The summed E-state index contributed by atoms with van der Waals surface area (Å²) in [5.41, 5.74) is 3.18. The Hall–Kier alpha value is -2.88. The lowest BCUT2D eigenvalue weighted by Gasteiger charge is -2.16. The van der Waals surface area contributed by atoms with Crippen LogP contribution >= 0.6 is 0 Å². The molecule has 0 aliphatic heterocycles. The van der Waals surface area contributed by atoms with E-state index in [1.165, 1.54) is 5.56 Å². The largest absolute Gasteiger partial charge is 0.325 e. The number of nitrogens with zero attached hydrogens (tertiary/aromatic N) is 2. The number of hydrogen-bond donors (Lipinski definition) is 1. The second kappa shape index (κ2) is 6.92. The lowest BCUT2D eigenvalue weighted by Crippen LogP contribution is -2.23. The van der Waals surface area contributed by atoms with E-state index < -0.39 is 0 Å². The van der Waals surface area contributed by atoms with Crippen LogP contribution in [0.1, 0.15) is 24.1 Å². The van der Waals surface area contributed by atoms with Gasteiger partial charge in [-0.15, -0.1) is 0 Å². The molecule has 4 heteroatoms. The molecule has 23 heavy (non-hydrogen) atoms. The van der Waals surface area contributed by atoms with Crippen LogP contribution in [0.2, 0.25) is 0 Å². The molecule has 3 rings (SSSR count). The minimum atomic E-state index is -0.303. The Bertz CT molecular complexity index is 766. The van der Waals surface area contributed by atoms with Gasteiger partial charge >= 0.3 is 0 Å². The normalized spacial score (nSPS) is 11.9. The van der Waals surface area contributed by atoms with Gasteiger partial charge in [0.2, 0.25) is 5.91 Å². The number of carbonyl (C=O) groups excluding carboxylic acids is 1. The number of rotatable bonds is 5. The number of hydrogen-bond acceptors (Lipinski definition) is 2. The molecule has 1 aromatic heterocycles. The van der Waals surface area contributed by atoms with Crippen molar-refractivity contribution in [1.29, 1.82) is 0 Å². The molecule has 0 aliphatic carbocycles. The SMILES string of the molecule is CC(C(=O)Nc1ccccc1Cc1ccccc1)n1ccnc1. The summed E-state index contributed by atoms with van der Waals surface area (Å²) < 4.78 is 1.79. The first kappa shape index (κ1) is 15.0. The van der Waals surface area contributed by atoms with E-state index in [9.17, 15) is 4.79 Å². The fraction of sp³-hybridized carbons (Fsp3) is 0.158. The van der Waals surface area contributed by atoms with Gasteiger partial charge in [-0.05, 0) is 30.5 Å². The third-order valence-electron chi connectivity index (χ3n) is 3.86. The highest BCUT2D eigenvalue weighted by Gasteiger charge is 2.15. The van der Waals surface area contributed by atoms with Gasteiger partial charge in [0.25, 0.3) is 0 Å². The summed E-state index contributed by atoms with van der Waals surface area (Å²) in [6.07, 6.45) is 5.91. The van der Waals surface area contributed by atoms with Crippen molar-refractivity contribution in [2.45, 2.75) is 19.4 Å². The van der Waals surface area contributed by atoms with Crippen LogP contribution < -0.4 is 5.32 Å². The van der Waals surface area contributed by atoms with Crippen LogP contribution in [-0.4, -0.2) is 15.5 Å². The zero-order chi connectivity index (χ0) is 16.1. The summed E-state index contributed by atoms with van der Waals surface area (Å²) in [6.45, 7) is 1.86. The van der Waals surface area contributed by atoms with Crippen LogP contribution in [-0.2, 0) is 11.2 Å². The first-order valence-electron chi connectivity index (χ1n) is 7.64. The number of aromatic nitrogens is 2. The molecule has 0 saturated heterocycles. The van der Waals surface area contributed by atoms with E-state index in [0.717, 1.165) is 17.7 Å². The average molecular weight is 305 g/mol. The van der Waals surface area contributed by atoms with E-state index in [-0.39, 0.29) is 11.9 Å². The van der Waals surface area contributed by atoms with E-state index in [0.29, 0.717) is 0 Å². The van der Waals surface area contributed by atoms with Crippen molar-refractivity contribution in [1.82, 2.24) is 9.55 Å². The molecule has 1 atom stereocenters. The standard InChI is InChI=1S/C19H19N3O/c1-15(22-12-11-20-14-22)19(23)21-18-10-6-5-9-17(18)13-16-7-3-2-4-8-16/h2-12,14-15H,13H2,1H3,(H,21,23). The number of para-hydroxylation sites is 1. The second-order valence-electron chi connectivity index (χ2n) is 5.49. The molecule has 2 aromatic carbocycles. The molecule has 1 unspecified atom stereocenters. The molecule has 116 valence electrons. The highest BCUT2D eigenvalue weighted by atomic mass is 16.2. The van der Waals surface area contributed by atoms with Crippen LogP contribution in [0.5, 0.6) is 0 Å². The third-order valence-corrected chi connectivity index (χ3v) is 3.86. The number of benzene rings is 2. The Labute approximate surface area is 135 Å². The van der Waals surface area contributed by atoms with Gasteiger partial charge < -0.3 is 9.88 Å². The van der Waals surface area contributed by atoms with E-state index in [1.807, 2.05) is 49.4 Å². The molecular weight excluding hydrogens is 286 g/mol. The number of carbonyl (C=O) groups is 1. The first-order valence-corrected chi connectivity index (χ1v) is 7.64. The Morgan fingerprint density at radius 1 is 1.13 bits per heavy atom. The average Bonchev–Trinajstić information content (AvgIpc) is 3.11. The summed E-state index contributed by atoms with van der Waals surface area (Å²) in [4.78, 5) is 16.4. The maximum atomic E-state index is 12.5. The fourth-order valence-corrected chi connectivity index (χ4v) is 2.48. The third kappa shape index (κ3) is 3.66. The van der Waals surface area contributed by atoms with E-state index in [4.69, 9.17) is 0 Å². The molecule has 0 aliphatic rings. The van der Waals surface area contributed by atoms with Gasteiger partial charge in [-0.25, -0.2) is 4.98 Å². The summed E-state index contributed by atoms with van der Waals surface area (Å²) in [5, 5.41) is 3.03. The van der Waals surface area contributed by atoms with Crippen molar-refractivity contribution in [3.8, 4) is 0 Å². The Morgan fingerprint density at radius 3 is 2.61 bits per heavy atom. The number of imidazole rings is 1. The van der Waals surface area contributed by atoms with E-state index in [2.05, 4.69) is 22.4 Å². The molecule has 0 fully saturated rings. The van der Waals surface area contributed by atoms with Gasteiger partial charge in [-0.1, -0.05) is 48.5 Å². The van der Waals surface area contributed by atoms with Crippen LogP contribution in [0.15, 0.2) is 73.3 Å². The summed E-state index contributed by atoms with van der Waals surface area (Å²) in [7, 11) is 0. The van der Waals surface area contributed by atoms with E-state index >= 15 is 0 Å². The molecule has 0 radical (unpaired) electrons. The van der Waals surface area contributed by atoms with Gasteiger partial charge in [0.1, 0.15) is 6.04 Å². The van der Waals surface area contributed by atoms with Gasteiger partial charge in [0.05, 0.1) is 6.33 Å². The Kier molecular flexibility index (Phi) is 4.52. The predicted octanol–water partition coefficient (Wildman–Crippen LogP) is 3.67. The lowest BCUT2D eigenvalue weighted by atomic mass is 10.0. The monoisotopic (exact) mass is 305 g/mol. The van der Waals surface area contributed by atoms with Crippen molar-refractivity contribution < 1.29 is 4.79 Å². The summed E-state index contributed by atoms with van der Waals surface area (Å²) >= 11 is 0. The maximum absolute atomic E-state index is 12.5. The highest BCUT2D eigenvalue weighted by Crippen LogP contribution is 2.20. The highest BCUT2D eigenvalue weighted by molar-refractivity contribution is 5.94. The van der Waals surface area contributed by atoms with Crippen molar-refractivity contribution in [3.63, 3.8) is 0 Å².